The summed E-state index contributed by atoms with van der Waals surface area (Å²) in [5.41, 5.74) is 1.87. The van der Waals surface area contributed by atoms with Crippen LogP contribution in [0.2, 0.25) is 0 Å². The van der Waals surface area contributed by atoms with E-state index in [9.17, 15) is 9.59 Å². The number of anilines is 1. The van der Waals surface area contributed by atoms with Gasteiger partial charge in [0, 0.05) is 18.2 Å². The second-order valence-electron chi connectivity index (χ2n) is 4.39. The van der Waals surface area contributed by atoms with Crippen LogP contribution in [-0.4, -0.2) is 23.0 Å². The zero-order valence-electron chi connectivity index (χ0n) is 9.72. The van der Waals surface area contributed by atoms with Crippen LogP contribution in [0, 0.1) is 6.92 Å². The lowest BCUT2D eigenvalue weighted by atomic mass is 10.1. The van der Waals surface area contributed by atoms with E-state index in [2.05, 4.69) is 0 Å². The molecule has 1 unspecified atom stereocenters. The van der Waals surface area contributed by atoms with Gasteiger partial charge in [0.2, 0.25) is 5.91 Å². The Balaban J connectivity index is 2.27. The highest BCUT2D eigenvalue weighted by molar-refractivity contribution is 5.97. The first-order valence-corrected chi connectivity index (χ1v) is 5.68. The Kier molecular flexibility index (Phi) is 3.13. The third-order valence-corrected chi connectivity index (χ3v) is 3.02. The number of nitrogens with zero attached hydrogens (tertiary/aromatic N) is 1. The number of carbonyl (C=O) groups excluding carboxylic acids is 1. The van der Waals surface area contributed by atoms with Crippen LogP contribution in [0.4, 0.5) is 5.69 Å². The Morgan fingerprint density at radius 2 is 2.29 bits per heavy atom. The number of carboxylic acids is 1. The molecule has 0 spiro atoms. The molecule has 1 N–H and O–H groups in total. The van der Waals surface area contributed by atoms with Gasteiger partial charge in [-0.05, 0) is 31.0 Å². The van der Waals surface area contributed by atoms with E-state index in [1.807, 2.05) is 31.2 Å². The van der Waals surface area contributed by atoms with Gasteiger partial charge in [0.15, 0.2) is 0 Å². The zero-order valence-corrected chi connectivity index (χ0v) is 9.72. The Morgan fingerprint density at radius 3 is 2.94 bits per heavy atom. The number of hydrogen-bond donors (Lipinski definition) is 1. The minimum atomic E-state index is -0.859. The minimum absolute atomic E-state index is 0.0136. The van der Waals surface area contributed by atoms with Gasteiger partial charge in [-0.15, -0.1) is 0 Å². The summed E-state index contributed by atoms with van der Waals surface area (Å²) in [4.78, 5) is 24.2. The Bertz CT molecular complexity index is 456. The minimum Gasteiger partial charge on any atom is -0.481 e. The van der Waals surface area contributed by atoms with Crippen LogP contribution in [0.15, 0.2) is 24.3 Å². The number of carbonyl (C=O) groups is 2. The van der Waals surface area contributed by atoms with Crippen molar-refractivity contribution in [3.8, 4) is 0 Å². The Hall–Kier alpha value is -1.84. The molecule has 0 saturated carbocycles. The van der Waals surface area contributed by atoms with Crippen LogP contribution in [0.1, 0.15) is 24.8 Å². The van der Waals surface area contributed by atoms with Crippen molar-refractivity contribution in [1.82, 2.24) is 0 Å². The fourth-order valence-electron chi connectivity index (χ4n) is 2.27. The number of aryl methyl sites for hydroxylation is 1. The lowest BCUT2D eigenvalue weighted by molar-refractivity contribution is -0.137. The van der Waals surface area contributed by atoms with E-state index in [4.69, 9.17) is 5.11 Å². The molecule has 0 bridgehead atoms. The average Bonchev–Trinajstić information content (AvgIpc) is 2.59. The number of aliphatic carboxylic acids is 1. The molecule has 1 aromatic carbocycles. The van der Waals surface area contributed by atoms with Gasteiger partial charge in [-0.1, -0.05) is 12.1 Å². The highest BCUT2D eigenvalue weighted by Crippen LogP contribution is 2.28. The summed E-state index contributed by atoms with van der Waals surface area (Å²) < 4.78 is 0. The van der Waals surface area contributed by atoms with Gasteiger partial charge in [0.1, 0.15) is 0 Å². The molecular formula is C13H15NO3. The van der Waals surface area contributed by atoms with E-state index in [-0.39, 0.29) is 18.4 Å². The first-order valence-electron chi connectivity index (χ1n) is 5.68. The number of carboxylic acid groups (broad SMARTS) is 1. The van der Waals surface area contributed by atoms with Crippen molar-refractivity contribution in [3.63, 3.8) is 0 Å². The molecule has 0 aliphatic carbocycles. The summed E-state index contributed by atoms with van der Waals surface area (Å²) in [5, 5.41) is 8.84. The van der Waals surface area contributed by atoms with Crippen LogP contribution in [0.3, 0.4) is 0 Å². The monoisotopic (exact) mass is 233 g/mol. The van der Waals surface area contributed by atoms with Crippen molar-refractivity contribution >= 4 is 17.6 Å². The van der Waals surface area contributed by atoms with Crippen molar-refractivity contribution in [1.29, 1.82) is 0 Å². The molecular weight excluding hydrogens is 218 g/mol. The lowest BCUT2D eigenvalue weighted by Gasteiger charge is -2.24. The largest absolute Gasteiger partial charge is 0.481 e. The molecule has 1 aliphatic heterocycles. The third kappa shape index (κ3) is 2.46. The van der Waals surface area contributed by atoms with E-state index in [1.54, 1.807) is 4.90 Å². The van der Waals surface area contributed by atoms with E-state index in [1.165, 1.54) is 0 Å². The highest BCUT2D eigenvalue weighted by Gasteiger charge is 2.33. The van der Waals surface area contributed by atoms with Crippen molar-refractivity contribution < 1.29 is 14.7 Å². The molecule has 1 amide bonds. The van der Waals surface area contributed by atoms with Gasteiger partial charge in [0.25, 0.3) is 0 Å². The second kappa shape index (κ2) is 4.57. The molecule has 17 heavy (non-hydrogen) atoms. The van der Waals surface area contributed by atoms with Crippen LogP contribution >= 0.6 is 0 Å². The van der Waals surface area contributed by atoms with E-state index in [0.29, 0.717) is 12.8 Å². The maximum Gasteiger partial charge on any atom is 0.305 e. The molecule has 4 nitrogen and oxygen atoms in total. The summed E-state index contributed by atoms with van der Waals surface area (Å²) in [7, 11) is 0. The van der Waals surface area contributed by atoms with E-state index in [0.717, 1.165) is 11.3 Å². The molecule has 1 heterocycles. The summed E-state index contributed by atoms with van der Waals surface area (Å²) in [5.74, 6) is -0.843. The van der Waals surface area contributed by atoms with Crippen molar-refractivity contribution in [2.24, 2.45) is 0 Å². The first-order chi connectivity index (χ1) is 8.08. The maximum absolute atomic E-state index is 11.8. The van der Waals surface area contributed by atoms with Crippen LogP contribution in [0.5, 0.6) is 0 Å². The molecule has 0 radical (unpaired) electrons. The number of amides is 1. The molecule has 2 rings (SSSR count). The predicted octanol–water partition coefficient (Wildman–Crippen LogP) is 1.97. The molecule has 90 valence electrons. The van der Waals surface area contributed by atoms with Gasteiger partial charge < -0.3 is 10.0 Å². The maximum atomic E-state index is 11.8. The van der Waals surface area contributed by atoms with Gasteiger partial charge in [0.05, 0.1) is 6.42 Å². The van der Waals surface area contributed by atoms with Crippen LogP contribution in [0.25, 0.3) is 0 Å². The van der Waals surface area contributed by atoms with Gasteiger partial charge in [-0.25, -0.2) is 0 Å². The van der Waals surface area contributed by atoms with E-state index < -0.39 is 5.97 Å². The van der Waals surface area contributed by atoms with Crippen molar-refractivity contribution in [2.45, 2.75) is 32.2 Å². The van der Waals surface area contributed by atoms with Crippen LogP contribution in [-0.2, 0) is 9.59 Å². The fourth-order valence-corrected chi connectivity index (χ4v) is 2.27. The zero-order chi connectivity index (χ0) is 12.4. The van der Waals surface area contributed by atoms with Gasteiger partial charge in [-0.2, -0.15) is 0 Å². The summed E-state index contributed by atoms with van der Waals surface area (Å²) in [6.07, 6.45) is 1.07. The van der Waals surface area contributed by atoms with Crippen molar-refractivity contribution in [2.75, 3.05) is 4.90 Å². The standard InChI is InChI=1S/C13H15NO3/c1-9-3-2-4-10(7-9)14-11(8-13(16)17)5-6-12(14)15/h2-4,7,11H,5-6,8H2,1H3,(H,16,17). The Morgan fingerprint density at radius 1 is 1.53 bits per heavy atom. The lowest BCUT2D eigenvalue weighted by Crippen LogP contribution is -2.34. The first kappa shape index (κ1) is 11.6. The molecule has 1 fully saturated rings. The molecule has 1 aliphatic rings. The smallest absolute Gasteiger partial charge is 0.305 e. The van der Waals surface area contributed by atoms with Gasteiger partial charge in [-0.3, -0.25) is 9.59 Å². The SMILES string of the molecule is Cc1cccc(N2C(=O)CCC2CC(=O)O)c1. The summed E-state index contributed by atoms with van der Waals surface area (Å²) in [6.45, 7) is 1.95. The molecule has 0 aromatic heterocycles. The molecule has 1 atom stereocenters. The topological polar surface area (TPSA) is 57.6 Å². The Labute approximate surface area is 99.9 Å². The fraction of sp³-hybridized carbons (Fsp3) is 0.385. The van der Waals surface area contributed by atoms with Crippen molar-refractivity contribution in [3.05, 3.63) is 29.8 Å². The summed E-state index contributed by atoms with van der Waals surface area (Å²) in [6, 6.07) is 7.40. The average molecular weight is 233 g/mol. The predicted molar refractivity (Wildman–Crippen MR) is 63.9 cm³/mol. The second-order valence-corrected chi connectivity index (χ2v) is 4.39. The molecule has 1 saturated heterocycles. The van der Waals surface area contributed by atoms with Crippen LogP contribution < -0.4 is 4.90 Å². The van der Waals surface area contributed by atoms with E-state index >= 15 is 0 Å². The van der Waals surface area contributed by atoms with Gasteiger partial charge >= 0.3 is 5.97 Å². The normalized spacial score (nSPS) is 19.7. The third-order valence-electron chi connectivity index (χ3n) is 3.02. The quantitative estimate of drug-likeness (QED) is 0.868. The molecule has 4 heteroatoms. The summed E-state index contributed by atoms with van der Waals surface area (Å²) >= 11 is 0. The number of benzene rings is 1. The highest BCUT2D eigenvalue weighted by atomic mass is 16.4. The molecule has 1 aromatic rings. The number of rotatable bonds is 3. The number of hydrogen-bond acceptors (Lipinski definition) is 2.